The van der Waals surface area contributed by atoms with Crippen molar-refractivity contribution in [2.45, 2.75) is 17.5 Å². The van der Waals surface area contributed by atoms with Crippen LogP contribution in [-0.2, 0) is 19.4 Å². The van der Waals surface area contributed by atoms with Crippen molar-refractivity contribution >= 4 is 27.3 Å². The zero-order valence-corrected chi connectivity index (χ0v) is 12.6. The number of alkyl halides is 1. The Morgan fingerprint density at radius 1 is 1.45 bits per heavy atom. The number of hydrogen-bond acceptors (Lipinski definition) is 6. The summed E-state index contributed by atoms with van der Waals surface area (Å²) in [6.45, 7) is 1.63. The second-order valence-corrected chi connectivity index (χ2v) is 7.89. The van der Waals surface area contributed by atoms with E-state index in [0.29, 0.717) is 19.7 Å². The molecule has 9 heteroatoms. The van der Waals surface area contributed by atoms with Crippen LogP contribution in [0.15, 0.2) is 0 Å². The van der Waals surface area contributed by atoms with Gasteiger partial charge in [0.15, 0.2) is 9.84 Å². The molecule has 20 heavy (non-hydrogen) atoms. The van der Waals surface area contributed by atoms with Crippen molar-refractivity contribution in [3.63, 3.8) is 0 Å². The van der Waals surface area contributed by atoms with E-state index >= 15 is 0 Å². The summed E-state index contributed by atoms with van der Waals surface area (Å²) in [6, 6.07) is -0.524. The molecule has 2 rings (SSSR count). The summed E-state index contributed by atoms with van der Waals surface area (Å²) in [7, 11) is -3.15. The maximum Gasteiger partial charge on any atom is 0.234 e. The Hall–Kier alpha value is -0.410. The molecule has 2 aliphatic rings. The van der Waals surface area contributed by atoms with E-state index in [2.05, 4.69) is 5.32 Å². The van der Waals surface area contributed by atoms with Gasteiger partial charge in [0.05, 0.1) is 48.8 Å². The van der Waals surface area contributed by atoms with Gasteiger partial charge >= 0.3 is 0 Å². The summed E-state index contributed by atoms with van der Waals surface area (Å²) in [5, 5.41) is 11.1. The van der Waals surface area contributed by atoms with Crippen molar-refractivity contribution in [3.8, 4) is 0 Å². The van der Waals surface area contributed by atoms with E-state index in [1.165, 1.54) is 0 Å². The molecule has 0 bridgehead atoms. The van der Waals surface area contributed by atoms with E-state index in [1.807, 2.05) is 4.90 Å². The lowest BCUT2D eigenvalue weighted by molar-refractivity contribution is -0.125. The van der Waals surface area contributed by atoms with Gasteiger partial charge < -0.3 is 15.2 Å². The summed E-state index contributed by atoms with van der Waals surface area (Å²) in [6.07, 6.45) is -0.274. The van der Waals surface area contributed by atoms with Crippen LogP contribution in [0.1, 0.15) is 0 Å². The largest absolute Gasteiger partial charge is 0.394 e. The molecule has 3 unspecified atom stereocenters. The molecule has 2 aliphatic heterocycles. The average Bonchev–Trinajstić information content (AvgIpc) is 2.62. The molecule has 1 amide bonds. The Labute approximate surface area is 123 Å². The lowest BCUT2D eigenvalue weighted by Gasteiger charge is -2.31. The van der Waals surface area contributed by atoms with E-state index in [1.54, 1.807) is 0 Å². The fraction of sp³-hybridized carbons (Fsp3) is 0.909. The number of nitrogens with one attached hydrogen (secondary N) is 1. The van der Waals surface area contributed by atoms with Crippen LogP contribution in [0.4, 0.5) is 0 Å². The van der Waals surface area contributed by atoms with Gasteiger partial charge in [0.2, 0.25) is 5.91 Å². The van der Waals surface area contributed by atoms with Crippen LogP contribution < -0.4 is 5.32 Å². The van der Waals surface area contributed by atoms with Crippen molar-refractivity contribution in [1.82, 2.24) is 10.2 Å². The van der Waals surface area contributed by atoms with Gasteiger partial charge in [-0.15, -0.1) is 11.6 Å². The smallest absolute Gasteiger partial charge is 0.234 e. The number of morpholine rings is 1. The molecule has 7 nitrogen and oxygen atoms in total. The topological polar surface area (TPSA) is 95.9 Å². The second kappa shape index (κ2) is 6.57. The maximum absolute atomic E-state index is 11.9. The minimum atomic E-state index is -3.15. The molecular formula is C11H19ClN2O5S. The number of aliphatic hydroxyl groups excluding tert-OH is 1. The first-order valence-corrected chi connectivity index (χ1v) is 8.74. The van der Waals surface area contributed by atoms with Gasteiger partial charge in [-0.25, -0.2) is 8.42 Å². The Balaban J connectivity index is 1.81. The minimum absolute atomic E-state index is 0.0806. The fourth-order valence-corrected chi connectivity index (χ4v) is 4.98. The molecule has 3 atom stereocenters. The second-order valence-electron chi connectivity index (χ2n) is 5.18. The monoisotopic (exact) mass is 326 g/mol. The summed E-state index contributed by atoms with van der Waals surface area (Å²) in [5.41, 5.74) is 0. The van der Waals surface area contributed by atoms with Crippen molar-refractivity contribution in [2.24, 2.45) is 0 Å². The molecule has 0 aromatic carbocycles. The highest BCUT2D eigenvalue weighted by molar-refractivity contribution is 7.91. The zero-order valence-electron chi connectivity index (χ0n) is 11.0. The number of ether oxygens (including phenoxy) is 1. The van der Waals surface area contributed by atoms with Gasteiger partial charge in [-0.2, -0.15) is 0 Å². The quantitative estimate of drug-likeness (QED) is 0.592. The first-order chi connectivity index (χ1) is 9.39. The highest BCUT2D eigenvalue weighted by atomic mass is 35.5. The zero-order chi connectivity index (χ0) is 14.8. The molecule has 0 spiro atoms. The number of rotatable bonds is 4. The number of sulfone groups is 1. The normalized spacial score (nSPS) is 34.0. The lowest BCUT2D eigenvalue weighted by atomic mass is 10.2. The molecule has 116 valence electrons. The van der Waals surface area contributed by atoms with E-state index in [4.69, 9.17) is 21.4 Å². The molecule has 0 aromatic rings. The van der Waals surface area contributed by atoms with E-state index in [9.17, 15) is 13.2 Å². The minimum Gasteiger partial charge on any atom is -0.394 e. The molecule has 2 fully saturated rings. The highest BCUT2D eigenvalue weighted by Crippen LogP contribution is 2.18. The molecular weight excluding hydrogens is 308 g/mol. The Morgan fingerprint density at radius 3 is 2.80 bits per heavy atom. The maximum atomic E-state index is 11.9. The third kappa shape index (κ3) is 4.29. The van der Waals surface area contributed by atoms with E-state index in [-0.39, 0.29) is 36.7 Å². The van der Waals surface area contributed by atoms with Crippen molar-refractivity contribution in [1.29, 1.82) is 0 Å². The molecule has 2 saturated heterocycles. The number of halogens is 1. The molecule has 0 saturated carbocycles. The van der Waals surface area contributed by atoms with Crippen LogP contribution in [0.25, 0.3) is 0 Å². The number of amides is 1. The molecule has 0 radical (unpaired) electrons. The first kappa shape index (κ1) is 16.0. The predicted molar refractivity (Wildman–Crippen MR) is 73.5 cm³/mol. The van der Waals surface area contributed by atoms with E-state index in [0.717, 1.165) is 0 Å². The average molecular weight is 327 g/mol. The molecule has 0 aliphatic carbocycles. The molecule has 2 N–H and O–H groups in total. The van der Waals surface area contributed by atoms with Crippen molar-refractivity contribution < 1.29 is 23.1 Å². The Morgan fingerprint density at radius 2 is 2.20 bits per heavy atom. The number of carbonyl (C=O) groups excluding carboxylic acids is 1. The number of hydrogen-bond donors (Lipinski definition) is 2. The van der Waals surface area contributed by atoms with Crippen molar-refractivity contribution in [2.75, 3.05) is 44.4 Å². The highest BCUT2D eigenvalue weighted by Gasteiger charge is 2.37. The van der Waals surface area contributed by atoms with E-state index < -0.39 is 21.3 Å². The summed E-state index contributed by atoms with van der Waals surface area (Å²) >= 11 is 5.93. The molecule has 0 aromatic heterocycles. The Kier molecular flexibility index (Phi) is 5.25. The molecule has 2 heterocycles. The van der Waals surface area contributed by atoms with Crippen molar-refractivity contribution in [3.05, 3.63) is 0 Å². The van der Waals surface area contributed by atoms with Gasteiger partial charge in [0, 0.05) is 13.1 Å². The van der Waals surface area contributed by atoms with Crippen LogP contribution in [0.3, 0.4) is 0 Å². The van der Waals surface area contributed by atoms with Crippen LogP contribution in [0, 0.1) is 0 Å². The van der Waals surface area contributed by atoms with Crippen LogP contribution in [0.2, 0.25) is 0 Å². The first-order valence-electron chi connectivity index (χ1n) is 6.48. The van der Waals surface area contributed by atoms with Crippen LogP contribution in [0.5, 0.6) is 0 Å². The number of aliphatic hydroxyl groups is 1. The summed E-state index contributed by atoms with van der Waals surface area (Å²) in [5.74, 6) is -0.449. The SMILES string of the molecule is O=C(CN1CCOC(CO)C1)NC1CS(=O)(=O)CC1Cl. The Bertz CT molecular complexity index is 458. The van der Waals surface area contributed by atoms with Gasteiger partial charge in [0.25, 0.3) is 0 Å². The lowest BCUT2D eigenvalue weighted by Crippen LogP contribution is -2.50. The van der Waals surface area contributed by atoms with Gasteiger partial charge in [-0.1, -0.05) is 0 Å². The third-order valence-electron chi connectivity index (χ3n) is 3.42. The summed E-state index contributed by atoms with van der Waals surface area (Å²) in [4.78, 5) is 13.8. The van der Waals surface area contributed by atoms with Crippen LogP contribution >= 0.6 is 11.6 Å². The number of nitrogens with zero attached hydrogens (tertiary/aromatic N) is 1. The predicted octanol–water partition coefficient (Wildman–Crippen LogP) is -1.80. The van der Waals surface area contributed by atoms with Gasteiger partial charge in [0.1, 0.15) is 0 Å². The number of carbonyl (C=O) groups is 1. The van der Waals surface area contributed by atoms with Gasteiger partial charge in [-0.3, -0.25) is 9.69 Å². The fourth-order valence-electron chi connectivity index (χ4n) is 2.43. The third-order valence-corrected chi connectivity index (χ3v) is 5.80. The summed E-state index contributed by atoms with van der Waals surface area (Å²) < 4.78 is 28.1. The van der Waals surface area contributed by atoms with Gasteiger partial charge in [-0.05, 0) is 0 Å². The standard InChI is InChI=1S/C11H19ClN2O5S/c12-9-6-20(17,18)7-10(9)13-11(16)4-14-1-2-19-8(3-14)5-15/h8-10,15H,1-7H2,(H,13,16). The van der Waals surface area contributed by atoms with Crippen LogP contribution in [-0.4, -0.2) is 86.2 Å².